The van der Waals surface area contributed by atoms with E-state index in [1.807, 2.05) is 6.92 Å². The number of benzene rings is 2. The summed E-state index contributed by atoms with van der Waals surface area (Å²) in [6.07, 6.45) is -2.85. The molecule has 2 aliphatic heterocycles. The molecule has 0 amide bonds. The van der Waals surface area contributed by atoms with Crippen molar-refractivity contribution in [3.8, 4) is 11.1 Å². The maximum absolute atomic E-state index is 15.1. The first-order chi connectivity index (χ1) is 20.0. The summed E-state index contributed by atoms with van der Waals surface area (Å²) < 4.78 is 57.9. The number of thiazole rings is 1. The topological polar surface area (TPSA) is 142 Å². The lowest BCUT2D eigenvalue weighted by Crippen LogP contribution is -2.87. The zero-order chi connectivity index (χ0) is 29.9. The number of rotatable bonds is 4. The first-order valence-electron chi connectivity index (χ1n) is 12.9. The minimum atomic E-state index is -1.43. The van der Waals surface area contributed by atoms with Crippen LogP contribution < -0.4 is 5.32 Å². The van der Waals surface area contributed by atoms with Gasteiger partial charge in [0, 0.05) is 29.5 Å². The normalized spacial score (nSPS) is 26.1. The highest BCUT2D eigenvalue weighted by Crippen LogP contribution is 2.38. The van der Waals surface area contributed by atoms with Crippen LogP contribution in [0.3, 0.4) is 0 Å². The van der Waals surface area contributed by atoms with Gasteiger partial charge in [-0.05, 0) is 26.0 Å². The highest BCUT2D eigenvalue weighted by Gasteiger charge is 2.55. The molecule has 2 aromatic carbocycles. The quantitative estimate of drug-likeness (QED) is 0.119. The van der Waals surface area contributed by atoms with Crippen LogP contribution in [0.15, 0.2) is 41.7 Å². The fourth-order valence-corrected chi connectivity index (χ4v) is 6.37. The van der Waals surface area contributed by atoms with Gasteiger partial charge in [-0.1, -0.05) is 11.6 Å². The molecule has 2 fully saturated rings. The predicted molar refractivity (Wildman–Crippen MR) is 149 cm³/mol. The third kappa shape index (κ3) is 5.13. The van der Waals surface area contributed by atoms with Crippen molar-refractivity contribution in [2.24, 2.45) is 4.99 Å². The van der Waals surface area contributed by atoms with Gasteiger partial charge in [0.05, 0.1) is 33.1 Å². The Bertz CT molecular complexity index is 1730. The van der Waals surface area contributed by atoms with Gasteiger partial charge in [0.2, 0.25) is 5.84 Å². The van der Waals surface area contributed by atoms with Gasteiger partial charge in [-0.15, -0.1) is 11.3 Å². The Morgan fingerprint density at radius 3 is 2.76 bits per heavy atom. The molecule has 0 saturated carbocycles. The van der Waals surface area contributed by atoms with E-state index >= 15 is 4.39 Å². The maximum Gasteiger partial charge on any atom is 0.238 e. The largest absolute Gasteiger partial charge is 0.388 e. The summed E-state index contributed by atoms with van der Waals surface area (Å²) in [7, 11) is 0. The van der Waals surface area contributed by atoms with E-state index in [0.29, 0.717) is 5.52 Å². The van der Waals surface area contributed by atoms with Crippen molar-refractivity contribution in [3.05, 3.63) is 64.1 Å². The molecular formula is C27H25ClF3N6O4S+. The molecular weight excluding hydrogens is 597 g/mol. The summed E-state index contributed by atoms with van der Waals surface area (Å²) in [6, 6.07) is 4.45. The van der Waals surface area contributed by atoms with Crippen LogP contribution in [0.2, 0.25) is 5.02 Å². The molecule has 4 aromatic rings. The number of nitrogens with zero attached hydrogens (tertiary/aromatic N) is 4. The number of halogens is 4. The monoisotopic (exact) mass is 621 g/mol. The van der Waals surface area contributed by atoms with Gasteiger partial charge >= 0.3 is 0 Å². The molecule has 2 aliphatic rings. The van der Waals surface area contributed by atoms with Crippen molar-refractivity contribution in [2.45, 2.75) is 50.4 Å². The fourth-order valence-electron chi connectivity index (χ4n) is 5.36. The first kappa shape index (κ1) is 28.9. The number of aryl methyl sites for hydroxylation is 1. The van der Waals surface area contributed by atoms with E-state index < -0.39 is 54.0 Å². The maximum atomic E-state index is 15.1. The highest BCUT2D eigenvalue weighted by molar-refractivity contribution is 7.18. The number of hydrogen-bond acceptors (Lipinski definition) is 8. The van der Waals surface area contributed by atoms with Crippen molar-refractivity contribution in [1.29, 1.82) is 5.41 Å². The van der Waals surface area contributed by atoms with E-state index in [1.54, 1.807) is 6.07 Å². The Kier molecular flexibility index (Phi) is 7.64. The second-order valence-corrected chi connectivity index (χ2v) is 11.8. The van der Waals surface area contributed by atoms with E-state index in [2.05, 4.69) is 15.1 Å². The van der Waals surface area contributed by atoms with Crippen molar-refractivity contribution in [3.63, 3.8) is 0 Å². The number of quaternary nitrogens is 1. The number of hydrogen-bond donors (Lipinski definition) is 4. The molecule has 5 N–H and O–H groups in total. The average molecular weight is 622 g/mol. The zero-order valence-corrected chi connectivity index (χ0v) is 23.7. The van der Waals surface area contributed by atoms with Crippen molar-refractivity contribution >= 4 is 50.5 Å². The molecule has 0 bridgehead atoms. The summed E-state index contributed by atoms with van der Waals surface area (Å²) in [4.78, 5) is 8.55. The molecule has 15 heteroatoms. The number of nitrogens with one attached hydrogen (secondary N) is 1. The minimum absolute atomic E-state index is 0.0373. The molecule has 2 aromatic heterocycles. The van der Waals surface area contributed by atoms with Crippen LogP contribution in [0, 0.1) is 29.8 Å². The van der Waals surface area contributed by atoms with Crippen LogP contribution in [0.4, 0.5) is 18.9 Å². The highest BCUT2D eigenvalue weighted by atomic mass is 35.5. The van der Waals surface area contributed by atoms with Crippen LogP contribution in [0.25, 0.3) is 21.3 Å². The van der Waals surface area contributed by atoms with Crippen LogP contribution in [0.5, 0.6) is 0 Å². The second kappa shape index (κ2) is 11.1. The lowest BCUT2D eigenvalue weighted by molar-refractivity contribution is -0.456. The summed E-state index contributed by atoms with van der Waals surface area (Å²) in [5.74, 6) is -3.03. The van der Waals surface area contributed by atoms with E-state index in [9.17, 15) is 19.0 Å². The zero-order valence-electron chi connectivity index (χ0n) is 22.1. The Labute approximate surface area is 245 Å². The van der Waals surface area contributed by atoms with Crippen molar-refractivity contribution in [2.75, 3.05) is 6.61 Å². The Hall–Kier alpha value is -3.24. The average Bonchev–Trinajstić information content (AvgIpc) is 3.65. The fraction of sp³-hybridized carbons (Fsp3) is 0.333. The van der Waals surface area contributed by atoms with Gasteiger partial charge in [-0.25, -0.2) is 18.2 Å². The smallest absolute Gasteiger partial charge is 0.238 e. The van der Waals surface area contributed by atoms with Crippen LogP contribution >= 0.6 is 22.9 Å². The molecule has 42 heavy (non-hydrogen) atoms. The molecule has 0 aliphatic carbocycles. The Morgan fingerprint density at radius 2 is 2.00 bits per heavy atom. The number of nitrogens with two attached hydrogens (primary N) is 1. The SMILES string of the molecule is CC(=N)N=C([NH2+]c1cc2sc(C)nc2cc1F)[C@@H]1OC2C(O)CO[C@@H]2C(n2cc(-c3ccc(Cl)c(F)c3F)cn2)C1O. The summed E-state index contributed by atoms with van der Waals surface area (Å²) in [5, 5.41) is 36.4. The number of amidine groups is 2. The molecule has 0 radical (unpaired) electrons. The van der Waals surface area contributed by atoms with Crippen molar-refractivity contribution < 1.29 is 38.2 Å². The molecule has 220 valence electrons. The lowest BCUT2D eigenvalue weighted by Gasteiger charge is -2.41. The van der Waals surface area contributed by atoms with Gasteiger partial charge in [0.25, 0.3) is 0 Å². The predicted octanol–water partition coefficient (Wildman–Crippen LogP) is 3.26. The van der Waals surface area contributed by atoms with Crippen molar-refractivity contribution in [1.82, 2.24) is 14.8 Å². The number of aliphatic hydroxyl groups excluding tert-OH is 2. The third-order valence-corrected chi connectivity index (χ3v) is 8.45. The summed E-state index contributed by atoms with van der Waals surface area (Å²) >= 11 is 7.08. The van der Waals surface area contributed by atoms with E-state index in [4.69, 9.17) is 26.5 Å². The number of aliphatic imine (C=N–C) groups is 1. The molecule has 4 unspecified atom stereocenters. The van der Waals surface area contributed by atoms with Gasteiger partial charge in [0.1, 0.15) is 36.3 Å². The van der Waals surface area contributed by atoms with Gasteiger partial charge in [0.15, 0.2) is 29.2 Å². The lowest BCUT2D eigenvalue weighted by atomic mass is 9.91. The number of ether oxygens (including phenoxy) is 2. The number of fused-ring (bicyclic) bond motifs is 2. The van der Waals surface area contributed by atoms with Gasteiger partial charge < -0.3 is 19.7 Å². The van der Waals surface area contributed by atoms with E-state index in [1.165, 1.54) is 58.9 Å². The minimum Gasteiger partial charge on any atom is -0.388 e. The standard InChI is InChI=1S/C27H24ClF3N6O4S/c1-10(32)34-27(36-16-6-19-17(5-15(16)29)35-11(2)42-19)26-23(39)22(25-24(41-26)18(38)9-40-25)37-8-12(7-33-37)13-3-4-14(28)21(31)20(13)30/h3-8,18,22-26,38-39H,9H2,1-2H3,(H2,32,34,36)/p+1/t18?,22?,23?,24?,25-,26-/m1/s1. The van der Waals surface area contributed by atoms with Crippen LogP contribution in [0.1, 0.15) is 18.0 Å². The molecule has 0 spiro atoms. The van der Waals surface area contributed by atoms with Crippen LogP contribution in [-0.4, -0.2) is 73.8 Å². The first-order valence-corrected chi connectivity index (χ1v) is 14.1. The van der Waals surface area contributed by atoms with Gasteiger partial charge in [-0.2, -0.15) is 10.1 Å². The van der Waals surface area contributed by atoms with Crippen LogP contribution in [-0.2, 0) is 9.47 Å². The molecule has 6 rings (SSSR count). The second-order valence-electron chi connectivity index (χ2n) is 10.1. The third-order valence-electron chi connectivity index (χ3n) is 7.22. The van der Waals surface area contributed by atoms with E-state index in [0.717, 1.165) is 9.71 Å². The number of aromatic nitrogens is 3. The number of aliphatic hydroxyl groups is 2. The molecule has 10 nitrogen and oxygen atoms in total. The summed E-state index contributed by atoms with van der Waals surface area (Å²) in [5.41, 5.74) is 0.762. The molecule has 6 atom stereocenters. The Balaban J connectivity index is 1.38. The summed E-state index contributed by atoms with van der Waals surface area (Å²) in [6.45, 7) is 3.14. The van der Waals surface area contributed by atoms with Gasteiger partial charge in [-0.3, -0.25) is 15.4 Å². The molecule has 2 saturated heterocycles. The van der Waals surface area contributed by atoms with E-state index in [-0.39, 0.29) is 40.1 Å². The molecule has 4 heterocycles. The Morgan fingerprint density at radius 1 is 1.21 bits per heavy atom.